The van der Waals surface area contributed by atoms with Crippen molar-refractivity contribution in [2.24, 2.45) is 5.73 Å². The van der Waals surface area contributed by atoms with Crippen molar-refractivity contribution < 1.29 is 14.6 Å². The van der Waals surface area contributed by atoms with Gasteiger partial charge in [0.05, 0.1) is 6.61 Å². The number of aliphatic hydroxyl groups is 1. The molecule has 0 spiro atoms. The molecule has 16 heavy (non-hydrogen) atoms. The van der Waals surface area contributed by atoms with Crippen LogP contribution in [0.2, 0.25) is 5.02 Å². The Bertz CT molecular complexity index is 368. The molecule has 0 aliphatic heterocycles. The van der Waals surface area contributed by atoms with Crippen LogP contribution in [0.3, 0.4) is 0 Å². The summed E-state index contributed by atoms with van der Waals surface area (Å²) in [5.74, 6) is -1.46. The zero-order valence-electron chi connectivity index (χ0n) is 8.89. The van der Waals surface area contributed by atoms with Crippen LogP contribution in [-0.2, 0) is 9.53 Å². The average molecular weight is 244 g/mol. The quantitative estimate of drug-likeness (QED) is 0.617. The van der Waals surface area contributed by atoms with Crippen LogP contribution in [-0.4, -0.2) is 23.9 Å². The van der Waals surface area contributed by atoms with Gasteiger partial charge in [0.15, 0.2) is 0 Å². The molecule has 2 unspecified atom stereocenters. The number of nitrogens with two attached hydrogens (primary N) is 1. The molecule has 0 amide bonds. The molecular formula is C11H14ClNO3. The third-order valence-electron chi connectivity index (χ3n) is 2.09. The first-order chi connectivity index (χ1) is 7.56. The lowest BCUT2D eigenvalue weighted by Crippen LogP contribution is -2.34. The predicted molar refractivity (Wildman–Crippen MR) is 61.0 cm³/mol. The first-order valence-corrected chi connectivity index (χ1v) is 5.29. The standard InChI is InChI=1S/C11H14ClNO3/c1-2-16-11(15)9(10(13)14)7-4-3-5-8(12)6-7/h3-6,9-10,14H,2,13H2,1H3. The monoisotopic (exact) mass is 243 g/mol. The lowest BCUT2D eigenvalue weighted by Gasteiger charge is -2.18. The number of carbonyl (C=O) groups is 1. The summed E-state index contributed by atoms with van der Waals surface area (Å²) in [6.45, 7) is 1.93. The van der Waals surface area contributed by atoms with Gasteiger partial charge in [0.25, 0.3) is 0 Å². The van der Waals surface area contributed by atoms with E-state index < -0.39 is 18.1 Å². The Morgan fingerprint density at radius 2 is 2.31 bits per heavy atom. The minimum atomic E-state index is -1.31. The molecule has 1 rings (SSSR count). The molecule has 1 aromatic carbocycles. The van der Waals surface area contributed by atoms with Crippen LogP contribution in [0.15, 0.2) is 24.3 Å². The molecule has 0 aromatic heterocycles. The van der Waals surface area contributed by atoms with Crippen molar-refractivity contribution in [3.05, 3.63) is 34.9 Å². The Hall–Kier alpha value is -1.10. The van der Waals surface area contributed by atoms with Crippen molar-refractivity contribution in [1.82, 2.24) is 0 Å². The Balaban J connectivity index is 2.98. The number of ether oxygens (including phenoxy) is 1. The fraction of sp³-hybridized carbons (Fsp3) is 0.364. The van der Waals surface area contributed by atoms with E-state index in [0.717, 1.165) is 0 Å². The number of esters is 1. The van der Waals surface area contributed by atoms with Gasteiger partial charge in [0, 0.05) is 5.02 Å². The minimum absolute atomic E-state index is 0.239. The molecule has 1 aromatic rings. The van der Waals surface area contributed by atoms with Gasteiger partial charge in [-0.05, 0) is 24.6 Å². The summed E-state index contributed by atoms with van der Waals surface area (Å²) in [5.41, 5.74) is 5.90. The van der Waals surface area contributed by atoms with Gasteiger partial charge in [-0.15, -0.1) is 0 Å². The molecule has 0 heterocycles. The first kappa shape index (κ1) is 13.0. The van der Waals surface area contributed by atoms with Crippen LogP contribution in [0, 0.1) is 0 Å². The van der Waals surface area contributed by atoms with E-state index >= 15 is 0 Å². The van der Waals surface area contributed by atoms with Gasteiger partial charge in [-0.2, -0.15) is 0 Å². The third-order valence-corrected chi connectivity index (χ3v) is 2.32. The number of benzene rings is 1. The minimum Gasteiger partial charge on any atom is -0.465 e. The second-order valence-corrected chi connectivity index (χ2v) is 3.71. The SMILES string of the molecule is CCOC(=O)C(c1cccc(Cl)c1)C(N)O. The molecule has 0 fully saturated rings. The zero-order chi connectivity index (χ0) is 12.1. The lowest BCUT2D eigenvalue weighted by atomic mass is 9.98. The van der Waals surface area contributed by atoms with E-state index in [1.54, 1.807) is 31.2 Å². The Kier molecular flexibility index (Phi) is 4.73. The summed E-state index contributed by atoms with van der Waals surface area (Å²) < 4.78 is 4.84. The van der Waals surface area contributed by atoms with E-state index in [1.807, 2.05) is 0 Å². The normalized spacial score (nSPS) is 14.2. The van der Waals surface area contributed by atoms with E-state index in [4.69, 9.17) is 22.1 Å². The molecule has 0 saturated carbocycles. The first-order valence-electron chi connectivity index (χ1n) is 4.92. The molecule has 88 valence electrons. The summed E-state index contributed by atoms with van der Waals surface area (Å²) in [7, 11) is 0. The summed E-state index contributed by atoms with van der Waals surface area (Å²) in [5, 5.41) is 9.87. The lowest BCUT2D eigenvalue weighted by molar-refractivity contribution is -0.147. The number of hydrogen-bond acceptors (Lipinski definition) is 4. The topological polar surface area (TPSA) is 72.5 Å². The summed E-state index contributed by atoms with van der Waals surface area (Å²) in [4.78, 5) is 11.6. The van der Waals surface area contributed by atoms with Crippen LogP contribution < -0.4 is 5.73 Å². The number of hydrogen-bond donors (Lipinski definition) is 2. The van der Waals surface area contributed by atoms with E-state index in [1.165, 1.54) is 0 Å². The Morgan fingerprint density at radius 3 is 2.81 bits per heavy atom. The van der Waals surface area contributed by atoms with Crippen LogP contribution in [0.4, 0.5) is 0 Å². The van der Waals surface area contributed by atoms with Crippen LogP contribution in [0.1, 0.15) is 18.4 Å². The van der Waals surface area contributed by atoms with Crippen LogP contribution in [0.5, 0.6) is 0 Å². The largest absolute Gasteiger partial charge is 0.465 e. The molecular weight excluding hydrogens is 230 g/mol. The van der Waals surface area contributed by atoms with Crippen molar-refractivity contribution in [2.45, 2.75) is 19.1 Å². The maximum atomic E-state index is 11.6. The zero-order valence-corrected chi connectivity index (χ0v) is 9.65. The molecule has 2 atom stereocenters. The van der Waals surface area contributed by atoms with E-state index in [0.29, 0.717) is 10.6 Å². The summed E-state index contributed by atoms with van der Waals surface area (Å²) in [6.07, 6.45) is -1.31. The van der Waals surface area contributed by atoms with E-state index in [9.17, 15) is 9.90 Å². The molecule has 0 saturated heterocycles. The van der Waals surface area contributed by atoms with Gasteiger partial charge < -0.3 is 15.6 Å². The third kappa shape index (κ3) is 3.20. The van der Waals surface area contributed by atoms with Crippen molar-refractivity contribution in [3.63, 3.8) is 0 Å². The number of rotatable bonds is 4. The highest BCUT2D eigenvalue weighted by molar-refractivity contribution is 6.30. The molecule has 5 heteroatoms. The maximum absolute atomic E-state index is 11.6. The number of carbonyl (C=O) groups excluding carboxylic acids is 1. The molecule has 4 nitrogen and oxygen atoms in total. The van der Waals surface area contributed by atoms with Crippen LogP contribution in [0.25, 0.3) is 0 Å². The van der Waals surface area contributed by atoms with Gasteiger partial charge in [0.2, 0.25) is 0 Å². The smallest absolute Gasteiger partial charge is 0.317 e. The highest BCUT2D eigenvalue weighted by Gasteiger charge is 2.27. The summed E-state index contributed by atoms with van der Waals surface area (Å²) in [6, 6.07) is 6.62. The number of aliphatic hydroxyl groups excluding tert-OH is 1. The fourth-order valence-electron chi connectivity index (χ4n) is 1.40. The van der Waals surface area contributed by atoms with Crippen molar-refractivity contribution in [3.8, 4) is 0 Å². The maximum Gasteiger partial charge on any atom is 0.317 e. The molecule has 0 radical (unpaired) electrons. The highest BCUT2D eigenvalue weighted by Crippen LogP contribution is 2.22. The second-order valence-electron chi connectivity index (χ2n) is 3.28. The van der Waals surface area contributed by atoms with Crippen molar-refractivity contribution in [2.75, 3.05) is 6.61 Å². The molecule has 0 bridgehead atoms. The molecule has 0 aliphatic carbocycles. The van der Waals surface area contributed by atoms with E-state index in [-0.39, 0.29) is 6.61 Å². The van der Waals surface area contributed by atoms with Gasteiger partial charge in [-0.25, -0.2) is 0 Å². The molecule has 3 N–H and O–H groups in total. The Labute approximate surface area is 99.0 Å². The van der Waals surface area contributed by atoms with Gasteiger partial charge in [-0.1, -0.05) is 23.7 Å². The van der Waals surface area contributed by atoms with Crippen LogP contribution >= 0.6 is 11.6 Å². The Morgan fingerprint density at radius 1 is 1.62 bits per heavy atom. The van der Waals surface area contributed by atoms with Gasteiger partial charge in [0.1, 0.15) is 12.1 Å². The van der Waals surface area contributed by atoms with Gasteiger partial charge >= 0.3 is 5.97 Å². The molecule has 0 aliphatic rings. The van der Waals surface area contributed by atoms with E-state index in [2.05, 4.69) is 0 Å². The average Bonchev–Trinajstić information content (AvgIpc) is 2.17. The van der Waals surface area contributed by atoms with Crippen molar-refractivity contribution >= 4 is 17.6 Å². The van der Waals surface area contributed by atoms with Crippen molar-refractivity contribution in [1.29, 1.82) is 0 Å². The highest BCUT2D eigenvalue weighted by atomic mass is 35.5. The summed E-state index contributed by atoms with van der Waals surface area (Å²) >= 11 is 5.80. The van der Waals surface area contributed by atoms with Gasteiger partial charge in [-0.3, -0.25) is 4.79 Å². The second kappa shape index (κ2) is 5.84. The number of halogens is 1. The fourth-order valence-corrected chi connectivity index (χ4v) is 1.60. The predicted octanol–water partition coefficient (Wildman–Crippen LogP) is 1.26.